The first-order valence-electron chi connectivity index (χ1n) is 11.6. The molecule has 0 saturated carbocycles. The highest BCUT2D eigenvalue weighted by Gasteiger charge is 2.21. The van der Waals surface area contributed by atoms with Gasteiger partial charge in [-0.15, -0.1) is 0 Å². The monoisotopic (exact) mass is 520 g/mol. The van der Waals surface area contributed by atoms with Gasteiger partial charge in [-0.05, 0) is 79.3 Å². The summed E-state index contributed by atoms with van der Waals surface area (Å²) in [6, 6.07) is 24.7. The van der Waals surface area contributed by atoms with Crippen LogP contribution in [0.4, 0.5) is 0 Å². The van der Waals surface area contributed by atoms with Gasteiger partial charge in [-0.3, -0.25) is 4.18 Å². The molecule has 0 fully saturated rings. The van der Waals surface area contributed by atoms with Crippen LogP contribution in [-0.2, 0) is 27.6 Å². The van der Waals surface area contributed by atoms with Crippen molar-refractivity contribution in [2.45, 2.75) is 38.4 Å². The molecule has 1 aromatic heterocycles. The van der Waals surface area contributed by atoms with Crippen LogP contribution in [0, 0.1) is 0 Å². The van der Waals surface area contributed by atoms with Gasteiger partial charge in [0.1, 0.15) is 0 Å². The molecule has 2 unspecified atom stereocenters. The van der Waals surface area contributed by atoms with Crippen LogP contribution in [0.2, 0.25) is 5.02 Å². The minimum absolute atomic E-state index is 0.432. The Morgan fingerprint density at radius 3 is 2.61 bits per heavy atom. The molecule has 186 valence electrons. The largest absolute Gasteiger partial charge is 0.750 e. The van der Waals surface area contributed by atoms with Gasteiger partial charge in [0.15, 0.2) is 0 Å². The first kappa shape index (κ1) is 26.2. The number of pyridine rings is 1. The Morgan fingerprint density at radius 1 is 1.06 bits per heavy atom. The molecule has 0 aliphatic heterocycles. The molecule has 0 aliphatic carbocycles. The Hall–Kier alpha value is -2.87. The maximum absolute atomic E-state index is 11.5. The van der Waals surface area contributed by atoms with Crippen LogP contribution < -0.4 is 0 Å². The topological polar surface area (TPSA) is 82.5 Å². The number of hydrogen-bond acceptors (Lipinski definition) is 5. The van der Waals surface area contributed by atoms with Gasteiger partial charge in [0.05, 0.1) is 34.3 Å². The summed E-state index contributed by atoms with van der Waals surface area (Å²) >= 11 is 3.43. The Morgan fingerprint density at radius 2 is 1.83 bits per heavy atom. The van der Waals surface area contributed by atoms with Crippen LogP contribution >= 0.6 is 11.6 Å². The number of aliphatic hydroxyl groups is 1. The van der Waals surface area contributed by atoms with Crippen molar-refractivity contribution < 1.29 is 18.1 Å². The van der Waals surface area contributed by atoms with Crippen molar-refractivity contribution in [3.05, 3.63) is 112 Å². The molecule has 2 atom stereocenters. The van der Waals surface area contributed by atoms with Crippen LogP contribution in [0.25, 0.3) is 23.1 Å². The fourth-order valence-electron chi connectivity index (χ4n) is 4.23. The maximum Gasteiger partial charge on any atom is 0.0990 e. The van der Waals surface area contributed by atoms with E-state index in [-0.39, 0.29) is 0 Å². The molecule has 1 N–H and O–H groups in total. The Kier molecular flexibility index (Phi) is 8.34. The second-order valence-corrected chi connectivity index (χ2v) is 10.2. The summed E-state index contributed by atoms with van der Waals surface area (Å²) < 4.78 is 28.2. The van der Waals surface area contributed by atoms with Gasteiger partial charge >= 0.3 is 0 Å². The van der Waals surface area contributed by atoms with Gasteiger partial charge in [-0.2, -0.15) is 0 Å². The molecule has 0 spiro atoms. The number of fused-ring (bicyclic) bond motifs is 1. The molecule has 7 heteroatoms. The standard InChI is InChI=1S/C29H28ClNO4S/c1-29(2,32)26-9-4-3-7-21(26)13-17-28(35-36(33)34)23-8-5-6-20(18-23)10-15-25-16-12-22-11-14-24(30)19-27(22)31-25/h3-12,14-16,18-19,28,32H,13,17H2,1-2H3,(H,33,34)/p-1. The van der Waals surface area contributed by atoms with Gasteiger partial charge in [0, 0.05) is 10.4 Å². The van der Waals surface area contributed by atoms with Crippen LogP contribution in [-0.4, -0.2) is 18.9 Å². The molecule has 36 heavy (non-hydrogen) atoms. The summed E-state index contributed by atoms with van der Waals surface area (Å²) in [4.78, 5) is 4.64. The fourth-order valence-corrected chi connectivity index (χ4v) is 4.79. The predicted molar refractivity (Wildman–Crippen MR) is 145 cm³/mol. The molecular formula is C29H27ClNO4S-. The lowest BCUT2D eigenvalue weighted by Gasteiger charge is -2.24. The zero-order valence-corrected chi connectivity index (χ0v) is 21.6. The van der Waals surface area contributed by atoms with Crippen molar-refractivity contribution >= 4 is 46.0 Å². The first-order chi connectivity index (χ1) is 17.2. The van der Waals surface area contributed by atoms with Gasteiger partial charge in [-0.25, -0.2) is 9.19 Å². The third-order valence-corrected chi connectivity index (χ3v) is 6.58. The second-order valence-electron chi connectivity index (χ2n) is 9.12. The Labute approximate surface area is 218 Å². The molecule has 4 rings (SSSR count). The molecule has 5 nitrogen and oxygen atoms in total. The van der Waals surface area contributed by atoms with Crippen LogP contribution in [0.5, 0.6) is 0 Å². The normalized spacial score (nSPS) is 13.8. The Bertz CT molecular complexity index is 1410. The van der Waals surface area contributed by atoms with E-state index in [0.717, 1.165) is 38.9 Å². The lowest BCUT2D eigenvalue weighted by Crippen LogP contribution is -2.18. The van der Waals surface area contributed by atoms with Gasteiger partial charge < -0.3 is 9.66 Å². The van der Waals surface area contributed by atoms with E-state index in [1.165, 1.54) is 0 Å². The quantitative estimate of drug-likeness (QED) is 0.246. The summed E-state index contributed by atoms with van der Waals surface area (Å²) in [5, 5.41) is 12.2. The summed E-state index contributed by atoms with van der Waals surface area (Å²) in [6.45, 7) is 3.47. The molecule has 1 heterocycles. The first-order valence-corrected chi connectivity index (χ1v) is 13.0. The lowest BCUT2D eigenvalue weighted by atomic mass is 9.90. The predicted octanol–water partition coefficient (Wildman–Crippen LogP) is 6.77. The van der Waals surface area contributed by atoms with E-state index in [9.17, 15) is 13.9 Å². The second kappa shape index (κ2) is 11.5. The maximum atomic E-state index is 11.5. The van der Waals surface area contributed by atoms with Crippen molar-refractivity contribution in [1.29, 1.82) is 0 Å². The number of aromatic nitrogens is 1. The minimum Gasteiger partial charge on any atom is -0.750 e. The average molecular weight is 521 g/mol. The molecule has 4 aromatic rings. The van der Waals surface area contributed by atoms with E-state index in [4.69, 9.17) is 15.8 Å². The van der Waals surface area contributed by atoms with Crippen molar-refractivity contribution in [3.8, 4) is 0 Å². The average Bonchev–Trinajstić information content (AvgIpc) is 2.84. The van der Waals surface area contributed by atoms with E-state index < -0.39 is 23.1 Å². The third kappa shape index (κ3) is 6.87. The van der Waals surface area contributed by atoms with E-state index >= 15 is 0 Å². The van der Waals surface area contributed by atoms with Crippen molar-refractivity contribution in [1.82, 2.24) is 4.98 Å². The summed E-state index contributed by atoms with van der Waals surface area (Å²) in [6.07, 6.45) is 4.15. The smallest absolute Gasteiger partial charge is 0.0990 e. The number of nitrogens with zero attached hydrogens (tertiary/aromatic N) is 1. The van der Waals surface area contributed by atoms with E-state index in [1.807, 2.05) is 91.0 Å². The van der Waals surface area contributed by atoms with Crippen LogP contribution in [0.3, 0.4) is 0 Å². The lowest BCUT2D eigenvalue weighted by molar-refractivity contribution is 0.0773. The fraction of sp³-hybridized carbons (Fsp3) is 0.207. The highest BCUT2D eigenvalue weighted by molar-refractivity contribution is 7.74. The minimum atomic E-state index is -2.67. The SMILES string of the molecule is CC(C)(O)c1ccccc1CCC(OS(=O)[O-])c1cccc(C=Cc2ccc3ccc(Cl)cc3n2)c1. The van der Waals surface area contributed by atoms with Crippen LogP contribution in [0.1, 0.15) is 54.3 Å². The number of hydrogen-bond donors (Lipinski definition) is 1. The van der Waals surface area contributed by atoms with Gasteiger partial charge in [0.25, 0.3) is 0 Å². The molecule has 0 amide bonds. The number of halogens is 1. The van der Waals surface area contributed by atoms with Crippen molar-refractivity contribution in [3.63, 3.8) is 0 Å². The van der Waals surface area contributed by atoms with E-state index in [2.05, 4.69) is 4.98 Å². The number of aryl methyl sites for hydroxylation is 1. The zero-order valence-electron chi connectivity index (χ0n) is 20.1. The van der Waals surface area contributed by atoms with E-state index in [1.54, 1.807) is 13.8 Å². The molecule has 0 aliphatic rings. The molecule has 0 saturated heterocycles. The van der Waals surface area contributed by atoms with Gasteiger partial charge in [-0.1, -0.05) is 72.3 Å². The number of benzene rings is 3. The van der Waals surface area contributed by atoms with Gasteiger partial charge in [0.2, 0.25) is 0 Å². The van der Waals surface area contributed by atoms with E-state index in [0.29, 0.717) is 17.9 Å². The highest BCUT2D eigenvalue weighted by atomic mass is 35.5. The third-order valence-electron chi connectivity index (χ3n) is 5.95. The Balaban J connectivity index is 1.55. The number of rotatable bonds is 9. The molecule has 0 bridgehead atoms. The van der Waals surface area contributed by atoms with Crippen LogP contribution in [0.15, 0.2) is 78.9 Å². The van der Waals surface area contributed by atoms with Crippen molar-refractivity contribution in [2.75, 3.05) is 0 Å². The summed E-state index contributed by atoms with van der Waals surface area (Å²) in [7, 11) is 0. The summed E-state index contributed by atoms with van der Waals surface area (Å²) in [5.74, 6) is 0. The summed E-state index contributed by atoms with van der Waals surface area (Å²) in [5.41, 5.74) is 4.01. The zero-order chi connectivity index (χ0) is 25.7. The van der Waals surface area contributed by atoms with Crippen molar-refractivity contribution in [2.24, 2.45) is 0 Å². The molecular weight excluding hydrogens is 494 g/mol. The molecule has 3 aromatic carbocycles. The highest BCUT2D eigenvalue weighted by Crippen LogP contribution is 2.29. The molecule has 0 radical (unpaired) electrons.